The van der Waals surface area contributed by atoms with Gasteiger partial charge >= 0.3 is 0 Å². The minimum atomic E-state index is -2.73. The van der Waals surface area contributed by atoms with Crippen molar-refractivity contribution in [1.29, 1.82) is 0 Å². The van der Waals surface area contributed by atoms with E-state index in [0.29, 0.717) is 23.5 Å². The highest BCUT2D eigenvalue weighted by Crippen LogP contribution is 2.27. The molecule has 0 aromatic rings. The van der Waals surface area contributed by atoms with Gasteiger partial charge in [0.15, 0.2) is 9.84 Å². The Balaban J connectivity index is 1.78. The highest BCUT2D eigenvalue weighted by atomic mass is 32.2. The second-order valence-corrected chi connectivity index (χ2v) is 8.01. The molecule has 0 aliphatic carbocycles. The third kappa shape index (κ3) is 4.21. The lowest BCUT2D eigenvalue weighted by molar-refractivity contribution is 0.0600. The van der Waals surface area contributed by atoms with Crippen LogP contribution in [0.15, 0.2) is 0 Å². The lowest BCUT2D eigenvalue weighted by Crippen LogP contribution is -2.32. The van der Waals surface area contributed by atoms with Gasteiger partial charge < -0.3 is 10.1 Å². The van der Waals surface area contributed by atoms with E-state index in [9.17, 15) is 8.42 Å². The van der Waals surface area contributed by atoms with Crippen LogP contribution >= 0.6 is 0 Å². The summed E-state index contributed by atoms with van der Waals surface area (Å²) in [6.45, 7) is 1.78. The maximum Gasteiger partial charge on any atom is 0.150 e. The van der Waals surface area contributed by atoms with Crippen molar-refractivity contribution in [2.45, 2.75) is 38.1 Å². The molecule has 0 aromatic heterocycles. The van der Waals surface area contributed by atoms with E-state index in [0.717, 1.165) is 51.2 Å². The fourth-order valence-electron chi connectivity index (χ4n) is 3.18. The molecule has 2 unspecified atom stereocenters. The number of nitrogens with one attached hydrogen (secondary N) is 1. The summed E-state index contributed by atoms with van der Waals surface area (Å²) in [5.41, 5.74) is 0. The Morgan fingerprint density at radius 3 is 2.39 bits per heavy atom. The highest BCUT2D eigenvalue weighted by molar-refractivity contribution is 7.91. The standard InChI is InChI=1S/C13H25NO3S/c1-14-13(8-11-2-5-17-6-3-11)9-12-4-7-18(15,16)10-12/h11-14H,2-10H2,1H3. The largest absolute Gasteiger partial charge is 0.381 e. The van der Waals surface area contributed by atoms with Crippen LogP contribution < -0.4 is 5.32 Å². The molecule has 0 bridgehead atoms. The topological polar surface area (TPSA) is 55.4 Å². The van der Waals surface area contributed by atoms with Crippen LogP contribution in [0.4, 0.5) is 0 Å². The minimum Gasteiger partial charge on any atom is -0.381 e. The van der Waals surface area contributed by atoms with Crippen LogP contribution in [0.2, 0.25) is 0 Å². The molecule has 5 heteroatoms. The van der Waals surface area contributed by atoms with E-state index in [1.54, 1.807) is 0 Å². The number of rotatable bonds is 5. The van der Waals surface area contributed by atoms with Crippen molar-refractivity contribution in [3.05, 3.63) is 0 Å². The fourth-order valence-corrected chi connectivity index (χ4v) is 5.06. The molecule has 2 aliphatic heterocycles. The van der Waals surface area contributed by atoms with E-state index in [1.165, 1.54) is 0 Å². The Hall–Kier alpha value is -0.130. The summed E-state index contributed by atoms with van der Waals surface area (Å²) in [6.07, 6.45) is 5.33. The van der Waals surface area contributed by atoms with Crippen LogP contribution in [0.25, 0.3) is 0 Å². The maximum atomic E-state index is 11.5. The molecule has 18 heavy (non-hydrogen) atoms. The molecule has 0 spiro atoms. The first-order valence-electron chi connectivity index (χ1n) is 7.04. The van der Waals surface area contributed by atoms with Crippen molar-refractivity contribution in [3.63, 3.8) is 0 Å². The quantitative estimate of drug-likeness (QED) is 0.819. The van der Waals surface area contributed by atoms with E-state index < -0.39 is 9.84 Å². The average molecular weight is 275 g/mol. The van der Waals surface area contributed by atoms with Gasteiger partial charge in [0.05, 0.1) is 11.5 Å². The molecule has 4 nitrogen and oxygen atoms in total. The van der Waals surface area contributed by atoms with Gasteiger partial charge in [-0.2, -0.15) is 0 Å². The van der Waals surface area contributed by atoms with Gasteiger partial charge in [0.25, 0.3) is 0 Å². The molecule has 106 valence electrons. The number of hydrogen-bond donors (Lipinski definition) is 1. The molecule has 2 heterocycles. The average Bonchev–Trinajstić information content (AvgIpc) is 2.69. The van der Waals surface area contributed by atoms with Crippen LogP contribution in [-0.4, -0.2) is 46.2 Å². The van der Waals surface area contributed by atoms with E-state index in [1.807, 2.05) is 7.05 Å². The van der Waals surface area contributed by atoms with Gasteiger partial charge in [-0.25, -0.2) is 8.42 Å². The van der Waals surface area contributed by atoms with E-state index in [4.69, 9.17) is 4.74 Å². The molecule has 2 rings (SSSR count). The van der Waals surface area contributed by atoms with Crippen molar-refractivity contribution in [2.24, 2.45) is 11.8 Å². The molecule has 0 radical (unpaired) electrons. The molecular weight excluding hydrogens is 250 g/mol. The first-order chi connectivity index (χ1) is 8.59. The van der Waals surface area contributed by atoms with Crippen molar-refractivity contribution in [3.8, 4) is 0 Å². The zero-order valence-corrected chi connectivity index (χ0v) is 12.0. The lowest BCUT2D eigenvalue weighted by Gasteiger charge is -2.27. The summed E-state index contributed by atoms with van der Waals surface area (Å²) in [5, 5.41) is 3.37. The summed E-state index contributed by atoms with van der Waals surface area (Å²) >= 11 is 0. The third-order valence-electron chi connectivity index (χ3n) is 4.31. The van der Waals surface area contributed by atoms with Gasteiger partial charge in [0.2, 0.25) is 0 Å². The normalized spacial score (nSPS) is 30.4. The van der Waals surface area contributed by atoms with Crippen LogP contribution in [0.5, 0.6) is 0 Å². The van der Waals surface area contributed by atoms with Gasteiger partial charge in [-0.05, 0) is 51.0 Å². The second-order valence-electron chi connectivity index (χ2n) is 5.78. The summed E-state index contributed by atoms with van der Waals surface area (Å²) in [5.74, 6) is 1.91. The van der Waals surface area contributed by atoms with Crippen LogP contribution in [0, 0.1) is 11.8 Å². The molecule has 2 saturated heterocycles. The van der Waals surface area contributed by atoms with E-state index in [2.05, 4.69) is 5.32 Å². The van der Waals surface area contributed by atoms with Crippen molar-refractivity contribution in [2.75, 3.05) is 31.8 Å². The van der Waals surface area contributed by atoms with Gasteiger partial charge in [-0.1, -0.05) is 0 Å². The van der Waals surface area contributed by atoms with Crippen molar-refractivity contribution in [1.82, 2.24) is 5.32 Å². The van der Waals surface area contributed by atoms with Gasteiger partial charge in [0, 0.05) is 19.3 Å². The van der Waals surface area contributed by atoms with Crippen molar-refractivity contribution >= 4 is 9.84 Å². The van der Waals surface area contributed by atoms with Gasteiger partial charge in [-0.3, -0.25) is 0 Å². The minimum absolute atomic E-state index is 0.368. The smallest absolute Gasteiger partial charge is 0.150 e. The summed E-state index contributed by atoms with van der Waals surface area (Å²) in [7, 11) is -0.737. The zero-order valence-electron chi connectivity index (χ0n) is 11.2. The van der Waals surface area contributed by atoms with Gasteiger partial charge in [-0.15, -0.1) is 0 Å². The Labute approximate surface area is 110 Å². The fraction of sp³-hybridized carbons (Fsp3) is 1.00. The number of sulfone groups is 1. The molecule has 2 fully saturated rings. The Kier molecular flexibility index (Phi) is 5.04. The molecule has 0 aromatic carbocycles. The molecule has 1 N–H and O–H groups in total. The number of ether oxygens (including phenoxy) is 1. The molecule has 2 aliphatic rings. The monoisotopic (exact) mass is 275 g/mol. The van der Waals surface area contributed by atoms with E-state index in [-0.39, 0.29) is 0 Å². The summed E-state index contributed by atoms with van der Waals surface area (Å²) in [4.78, 5) is 0. The zero-order chi connectivity index (χ0) is 13.0. The summed E-state index contributed by atoms with van der Waals surface area (Å²) in [6, 6.07) is 0.464. The lowest BCUT2D eigenvalue weighted by atomic mass is 9.88. The first kappa shape index (κ1) is 14.3. The first-order valence-corrected chi connectivity index (χ1v) is 8.86. The van der Waals surface area contributed by atoms with Gasteiger partial charge in [0.1, 0.15) is 0 Å². The predicted octanol–water partition coefficient (Wildman–Crippen LogP) is 1.22. The van der Waals surface area contributed by atoms with Crippen LogP contribution in [-0.2, 0) is 14.6 Å². The molecule has 0 amide bonds. The van der Waals surface area contributed by atoms with Crippen LogP contribution in [0.3, 0.4) is 0 Å². The second kappa shape index (κ2) is 6.35. The van der Waals surface area contributed by atoms with Crippen molar-refractivity contribution < 1.29 is 13.2 Å². The van der Waals surface area contributed by atoms with Crippen LogP contribution in [0.1, 0.15) is 32.1 Å². The van der Waals surface area contributed by atoms with E-state index >= 15 is 0 Å². The maximum absolute atomic E-state index is 11.5. The third-order valence-corrected chi connectivity index (χ3v) is 6.15. The highest BCUT2D eigenvalue weighted by Gasteiger charge is 2.30. The summed E-state index contributed by atoms with van der Waals surface area (Å²) < 4.78 is 28.3. The predicted molar refractivity (Wildman–Crippen MR) is 72.4 cm³/mol. The molecule has 0 saturated carbocycles. The Bertz CT molecular complexity index is 349. The SMILES string of the molecule is CNC(CC1CCOCC1)CC1CCS(=O)(=O)C1. The molecule has 2 atom stereocenters. The Morgan fingerprint density at radius 2 is 1.83 bits per heavy atom. The Morgan fingerprint density at radius 1 is 1.17 bits per heavy atom. The number of hydrogen-bond acceptors (Lipinski definition) is 4. The molecular formula is C13H25NO3S.